The number of rotatable bonds is 0. The van der Waals surface area contributed by atoms with Crippen molar-refractivity contribution in [2.24, 2.45) is 0 Å². The van der Waals surface area contributed by atoms with Crippen molar-refractivity contribution in [2.75, 3.05) is 5.73 Å². The van der Waals surface area contributed by atoms with Crippen LogP contribution in [0.25, 0.3) is 0 Å². The number of aromatic amines is 1. The second-order valence-electron chi connectivity index (χ2n) is 1.02. The zero-order valence-corrected chi connectivity index (χ0v) is 4.94. The fraction of sp³-hybridized carbons (Fsp3) is 0. The Morgan fingerprint density at radius 3 is 2.57 bits per heavy atom. The number of nitrogen functional groups attached to an aromatic ring is 1. The summed E-state index contributed by atoms with van der Waals surface area (Å²) in [6, 6.07) is 0. The molecule has 0 saturated carbocycles. The van der Waals surface area contributed by atoms with Crippen molar-refractivity contribution in [2.45, 2.75) is 0 Å². The van der Waals surface area contributed by atoms with Crippen LogP contribution in [0.4, 0.5) is 5.82 Å². The van der Waals surface area contributed by atoms with Crippen molar-refractivity contribution in [1.29, 1.82) is 0 Å². The number of halogens is 1. The smallest absolute Gasteiger partial charge is 0.171 e. The van der Waals surface area contributed by atoms with Gasteiger partial charge in [-0.05, 0) is 15.9 Å². The second kappa shape index (κ2) is 1.49. The van der Waals surface area contributed by atoms with E-state index in [1.165, 1.54) is 0 Å². The lowest BCUT2D eigenvalue weighted by molar-refractivity contribution is 0.936. The molecule has 1 heterocycles. The van der Waals surface area contributed by atoms with Crippen LogP contribution in [0, 0.1) is 0 Å². The first kappa shape index (κ1) is 4.58. The standard InChI is InChI=1S/C2H3BrN4/c3-1-2(4)6-7-5-1/h(H3,4,5,6,7). The van der Waals surface area contributed by atoms with E-state index >= 15 is 0 Å². The average Bonchev–Trinajstić information content (AvgIpc) is 1.91. The molecule has 1 aromatic rings. The maximum absolute atomic E-state index is 5.21. The highest BCUT2D eigenvalue weighted by atomic mass is 79.9. The van der Waals surface area contributed by atoms with Crippen LogP contribution in [0.15, 0.2) is 4.60 Å². The van der Waals surface area contributed by atoms with Crippen LogP contribution >= 0.6 is 15.9 Å². The molecule has 0 aliphatic carbocycles. The van der Waals surface area contributed by atoms with Crippen LogP contribution in [0.2, 0.25) is 0 Å². The Morgan fingerprint density at radius 2 is 2.43 bits per heavy atom. The van der Waals surface area contributed by atoms with E-state index in [0.29, 0.717) is 10.4 Å². The highest BCUT2D eigenvalue weighted by molar-refractivity contribution is 9.10. The Morgan fingerprint density at radius 1 is 1.71 bits per heavy atom. The van der Waals surface area contributed by atoms with Gasteiger partial charge in [-0.1, -0.05) is 5.21 Å². The third kappa shape index (κ3) is 0.714. The maximum atomic E-state index is 5.21. The van der Waals surface area contributed by atoms with E-state index in [-0.39, 0.29) is 0 Å². The number of hydrogen-bond acceptors (Lipinski definition) is 3. The Balaban J connectivity index is 3.12. The Hall–Kier alpha value is -0.580. The molecule has 0 amide bonds. The number of aromatic nitrogens is 3. The monoisotopic (exact) mass is 162 g/mol. The summed E-state index contributed by atoms with van der Waals surface area (Å²) in [7, 11) is 0. The predicted molar refractivity (Wildman–Crippen MR) is 28.5 cm³/mol. The molecule has 5 heteroatoms. The summed E-state index contributed by atoms with van der Waals surface area (Å²) in [6.07, 6.45) is 0. The van der Waals surface area contributed by atoms with Crippen LogP contribution in [-0.4, -0.2) is 15.4 Å². The second-order valence-corrected chi connectivity index (χ2v) is 1.77. The molecule has 0 unspecified atom stereocenters. The molecule has 0 spiro atoms. The summed E-state index contributed by atoms with van der Waals surface area (Å²) in [5, 5.41) is 9.31. The first-order valence-electron chi connectivity index (χ1n) is 1.62. The fourth-order valence-electron chi connectivity index (χ4n) is 0.223. The molecule has 1 rings (SSSR count). The zero-order chi connectivity index (χ0) is 5.28. The third-order valence-electron chi connectivity index (χ3n) is 0.530. The first-order valence-corrected chi connectivity index (χ1v) is 2.42. The van der Waals surface area contributed by atoms with E-state index in [1.807, 2.05) is 0 Å². The molecule has 0 aliphatic heterocycles. The first-order chi connectivity index (χ1) is 3.30. The summed E-state index contributed by atoms with van der Waals surface area (Å²) in [5.74, 6) is 0.458. The van der Waals surface area contributed by atoms with Crippen molar-refractivity contribution in [3.8, 4) is 0 Å². The Labute approximate surface area is 48.2 Å². The molecule has 7 heavy (non-hydrogen) atoms. The van der Waals surface area contributed by atoms with Crippen molar-refractivity contribution in [3.63, 3.8) is 0 Å². The highest BCUT2D eigenvalue weighted by Crippen LogP contribution is 2.08. The molecule has 4 nitrogen and oxygen atoms in total. The van der Waals surface area contributed by atoms with E-state index in [9.17, 15) is 0 Å². The number of hydrogen-bond donors (Lipinski definition) is 2. The van der Waals surface area contributed by atoms with Gasteiger partial charge in [0.2, 0.25) is 0 Å². The van der Waals surface area contributed by atoms with Gasteiger partial charge in [-0.25, -0.2) is 5.10 Å². The quantitative estimate of drug-likeness (QED) is 0.571. The van der Waals surface area contributed by atoms with E-state index in [1.54, 1.807) is 0 Å². The minimum absolute atomic E-state index is 0.458. The summed E-state index contributed by atoms with van der Waals surface area (Å²) in [6.45, 7) is 0. The number of nitrogens with two attached hydrogens (primary N) is 1. The lowest BCUT2D eigenvalue weighted by atomic mass is 10.8. The SMILES string of the molecule is Nc1[nH]nnc1Br. The van der Waals surface area contributed by atoms with Gasteiger partial charge in [0, 0.05) is 0 Å². The maximum Gasteiger partial charge on any atom is 0.171 e. The fourth-order valence-corrected chi connectivity index (χ4v) is 0.391. The number of H-pyrrole nitrogens is 1. The van der Waals surface area contributed by atoms with Gasteiger partial charge < -0.3 is 5.73 Å². The van der Waals surface area contributed by atoms with Crippen LogP contribution in [0.5, 0.6) is 0 Å². The average molecular weight is 163 g/mol. The molecular weight excluding hydrogens is 160 g/mol. The minimum Gasteiger partial charge on any atom is -0.382 e. The minimum atomic E-state index is 0.458. The van der Waals surface area contributed by atoms with E-state index in [2.05, 4.69) is 31.3 Å². The molecule has 1 aromatic heterocycles. The van der Waals surface area contributed by atoms with Crippen molar-refractivity contribution in [1.82, 2.24) is 15.4 Å². The molecule has 0 saturated heterocycles. The van der Waals surface area contributed by atoms with Crippen LogP contribution in [0.1, 0.15) is 0 Å². The van der Waals surface area contributed by atoms with Crippen LogP contribution in [-0.2, 0) is 0 Å². The molecule has 0 aliphatic rings. The third-order valence-corrected chi connectivity index (χ3v) is 1.12. The largest absolute Gasteiger partial charge is 0.382 e. The summed E-state index contributed by atoms with van der Waals surface area (Å²) < 4.78 is 0.563. The van der Waals surface area contributed by atoms with Crippen molar-refractivity contribution >= 4 is 21.7 Å². The molecule has 0 fully saturated rings. The molecular formula is C2H3BrN4. The van der Waals surface area contributed by atoms with Gasteiger partial charge >= 0.3 is 0 Å². The Kier molecular flexibility index (Phi) is 0.976. The van der Waals surface area contributed by atoms with Crippen LogP contribution < -0.4 is 5.73 Å². The Bertz CT molecular complexity index is 142. The summed E-state index contributed by atoms with van der Waals surface area (Å²) in [5.41, 5.74) is 5.21. The van der Waals surface area contributed by atoms with E-state index in [0.717, 1.165) is 0 Å². The van der Waals surface area contributed by atoms with Gasteiger partial charge in [-0.3, -0.25) is 0 Å². The van der Waals surface area contributed by atoms with E-state index in [4.69, 9.17) is 5.73 Å². The van der Waals surface area contributed by atoms with Gasteiger partial charge in [0.25, 0.3) is 0 Å². The molecule has 38 valence electrons. The van der Waals surface area contributed by atoms with Gasteiger partial charge in [0.15, 0.2) is 10.4 Å². The molecule has 0 aromatic carbocycles. The summed E-state index contributed by atoms with van der Waals surface area (Å²) in [4.78, 5) is 0. The van der Waals surface area contributed by atoms with Crippen molar-refractivity contribution in [3.05, 3.63) is 4.60 Å². The summed E-state index contributed by atoms with van der Waals surface area (Å²) >= 11 is 3.04. The van der Waals surface area contributed by atoms with Gasteiger partial charge in [-0.2, -0.15) is 0 Å². The number of nitrogens with one attached hydrogen (secondary N) is 1. The van der Waals surface area contributed by atoms with Crippen LogP contribution in [0.3, 0.4) is 0 Å². The van der Waals surface area contributed by atoms with Crippen molar-refractivity contribution < 1.29 is 0 Å². The number of nitrogens with zero attached hydrogens (tertiary/aromatic N) is 2. The molecule has 0 atom stereocenters. The highest BCUT2D eigenvalue weighted by Gasteiger charge is 1.92. The zero-order valence-electron chi connectivity index (χ0n) is 3.35. The lowest BCUT2D eigenvalue weighted by Gasteiger charge is -1.75. The normalized spacial score (nSPS) is 9.29. The molecule has 3 N–H and O–H groups in total. The molecule has 0 bridgehead atoms. The predicted octanol–water partition coefficient (Wildman–Crippen LogP) is 0.149. The topological polar surface area (TPSA) is 67.6 Å². The van der Waals surface area contributed by atoms with Gasteiger partial charge in [-0.15, -0.1) is 5.10 Å². The van der Waals surface area contributed by atoms with E-state index < -0.39 is 0 Å². The lowest BCUT2D eigenvalue weighted by Crippen LogP contribution is -1.83. The van der Waals surface area contributed by atoms with Gasteiger partial charge in [0.05, 0.1) is 0 Å². The molecule has 0 radical (unpaired) electrons. The van der Waals surface area contributed by atoms with Gasteiger partial charge in [0.1, 0.15) is 0 Å². The number of anilines is 1.